The zero-order valence-corrected chi connectivity index (χ0v) is 12.4. The van der Waals surface area contributed by atoms with Crippen LogP contribution in [-0.4, -0.2) is 6.18 Å². The Labute approximate surface area is 135 Å². The van der Waals surface area contributed by atoms with Gasteiger partial charge in [-0.05, 0) is 28.8 Å². The highest BCUT2D eigenvalue weighted by Crippen LogP contribution is 2.57. The molecule has 0 fully saturated rings. The maximum atomic E-state index is 13.9. The van der Waals surface area contributed by atoms with Gasteiger partial charge >= 0.3 is 6.18 Å². The van der Waals surface area contributed by atoms with Crippen LogP contribution in [0.15, 0.2) is 36.4 Å². The molecule has 0 heterocycles. The van der Waals surface area contributed by atoms with Gasteiger partial charge in [0.1, 0.15) is 0 Å². The lowest BCUT2D eigenvalue weighted by Crippen LogP contribution is -2.46. The molecule has 3 rings (SSSR count). The topological polar surface area (TPSA) is 59.0 Å². The maximum absolute atomic E-state index is 13.9. The van der Waals surface area contributed by atoms with E-state index in [0.29, 0.717) is 16.7 Å². The Bertz CT molecular complexity index is 829. The molecular weight excluding hydrogens is 329 g/mol. The Morgan fingerprint density at radius 1 is 1.22 bits per heavy atom. The van der Waals surface area contributed by atoms with E-state index in [0.717, 1.165) is 0 Å². The number of benzene rings is 2. The average Bonchev–Trinajstić information content (AvgIpc) is 2.77. The van der Waals surface area contributed by atoms with Crippen LogP contribution >= 0.6 is 11.6 Å². The maximum Gasteiger partial charge on any atom is 0.428 e. The highest BCUT2D eigenvalue weighted by molar-refractivity contribution is 6.31. The molecule has 23 heavy (non-hydrogen) atoms. The molecule has 1 atom stereocenters. The monoisotopic (exact) mass is 338 g/mol. The number of halogens is 4. The Morgan fingerprint density at radius 2 is 1.91 bits per heavy atom. The smallest absolute Gasteiger partial charge is 0.279 e. The zero-order valence-electron chi connectivity index (χ0n) is 11.6. The molecule has 118 valence electrons. The van der Waals surface area contributed by atoms with Gasteiger partial charge in [-0.2, -0.15) is 18.4 Å². The van der Waals surface area contributed by atoms with Crippen molar-refractivity contribution in [1.29, 1.82) is 5.26 Å². The van der Waals surface area contributed by atoms with Crippen LogP contribution in [0.25, 0.3) is 11.1 Å². The zero-order chi connectivity index (χ0) is 16.8. The summed E-state index contributed by atoms with van der Waals surface area (Å²) in [4.78, 5) is 4.54. The number of fused-ring (bicyclic) bond motifs is 3. The molecule has 0 saturated heterocycles. The largest absolute Gasteiger partial charge is 0.428 e. The van der Waals surface area contributed by atoms with Crippen molar-refractivity contribution in [3.05, 3.63) is 58.1 Å². The third kappa shape index (κ3) is 2.05. The Kier molecular flexibility index (Phi) is 3.60. The SMILES string of the molecule is N#CCc1cc(Cl)cc2c1-c1ccccc1C2(ON)C(F)(F)F. The van der Waals surface area contributed by atoms with Crippen LogP contribution in [0, 0.1) is 11.3 Å². The van der Waals surface area contributed by atoms with Crippen molar-refractivity contribution in [3.8, 4) is 17.2 Å². The van der Waals surface area contributed by atoms with Gasteiger partial charge in [-0.3, -0.25) is 4.84 Å². The molecule has 2 N–H and O–H groups in total. The fraction of sp³-hybridized carbons (Fsp3) is 0.188. The van der Waals surface area contributed by atoms with Gasteiger partial charge in [-0.25, -0.2) is 5.90 Å². The van der Waals surface area contributed by atoms with Gasteiger partial charge < -0.3 is 0 Å². The fourth-order valence-electron chi connectivity index (χ4n) is 3.14. The summed E-state index contributed by atoms with van der Waals surface area (Å²) in [6.45, 7) is 0. The predicted octanol–water partition coefficient (Wildman–Crippen LogP) is 4.08. The molecule has 0 bridgehead atoms. The van der Waals surface area contributed by atoms with Crippen LogP contribution in [0.4, 0.5) is 13.2 Å². The lowest BCUT2D eigenvalue weighted by molar-refractivity contribution is -0.267. The van der Waals surface area contributed by atoms with Crippen LogP contribution in [0.2, 0.25) is 5.02 Å². The van der Waals surface area contributed by atoms with Gasteiger partial charge in [-0.1, -0.05) is 35.9 Å². The molecule has 1 unspecified atom stereocenters. The first-order chi connectivity index (χ1) is 10.9. The van der Waals surface area contributed by atoms with Gasteiger partial charge in [0.25, 0.3) is 0 Å². The van der Waals surface area contributed by atoms with Crippen LogP contribution < -0.4 is 5.90 Å². The molecule has 3 nitrogen and oxygen atoms in total. The number of nitrogens with zero attached hydrogens (tertiary/aromatic N) is 1. The first kappa shape index (κ1) is 15.8. The van der Waals surface area contributed by atoms with Crippen LogP contribution in [0.1, 0.15) is 16.7 Å². The number of hydrogen-bond donors (Lipinski definition) is 1. The molecule has 0 aromatic heterocycles. The third-order valence-electron chi connectivity index (χ3n) is 3.99. The molecule has 0 saturated carbocycles. The first-order valence-corrected chi connectivity index (χ1v) is 6.99. The van der Waals surface area contributed by atoms with Gasteiger partial charge in [0.15, 0.2) is 0 Å². The Balaban J connectivity index is 2.47. The van der Waals surface area contributed by atoms with Crippen molar-refractivity contribution in [2.45, 2.75) is 18.2 Å². The fourth-order valence-corrected chi connectivity index (χ4v) is 3.38. The molecule has 1 aliphatic carbocycles. The second kappa shape index (κ2) is 5.24. The third-order valence-corrected chi connectivity index (χ3v) is 4.20. The van der Waals surface area contributed by atoms with E-state index in [1.54, 1.807) is 12.1 Å². The van der Waals surface area contributed by atoms with E-state index in [1.165, 1.54) is 24.3 Å². The summed E-state index contributed by atoms with van der Waals surface area (Å²) in [5.74, 6) is 5.13. The minimum absolute atomic E-state index is 0.0737. The van der Waals surface area contributed by atoms with Gasteiger partial charge in [0.05, 0.1) is 12.5 Å². The van der Waals surface area contributed by atoms with Crippen molar-refractivity contribution >= 4 is 11.6 Å². The number of alkyl halides is 3. The molecule has 0 spiro atoms. The second-order valence-electron chi connectivity index (χ2n) is 5.16. The van der Waals surface area contributed by atoms with Crippen molar-refractivity contribution in [1.82, 2.24) is 0 Å². The Morgan fingerprint density at radius 3 is 2.52 bits per heavy atom. The molecule has 2 aromatic carbocycles. The number of hydrogen-bond acceptors (Lipinski definition) is 3. The average molecular weight is 339 g/mol. The standard InChI is InChI=1S/C16H10ClF3N2O/c17-10-7-9(5-6-21)14-11-3-1-2-4-12(11)15(23-22,13(14)8-10)16(18,19)20/h1-4,7-8H,5,22H2. The van der Waals surface area contributed by atoms with E-state index in [9.17, 15) is 13.2 Å². The number of nitriles is 1. The van der Waals surface area contributed by atoms with Gasteiger partial charge in [0.2, 0.25) is 5.60 Å². The summed E-state index contributed by atoms with van der Waals surface area (Å²) < 4.78 is 41.7. The van der Waals surface area contributed by atoms with Crippen molar-refractivity contribution in [3.63, 3.8) is 0 Å². The van der Waals surface area contributed by atoms with E-state index in [4.69, 9.17) is 22.8 Å². The summed E-state index contributed by atoms with van der Waals surface area (Å²) >= 11 is 5.97. The molecule has 0 aliphatic heterocycles. The second-order valence-corrected chi connectivity index (χ2v) is 5.60. The highest BCUT2D eigenvalue weighted by atomic mass is 35.5. The van der Waals surface area contributed by atoms with Crippen molar-refractivity contribution < 1.29 is 18.0 Å². The van der Waals surface area contributed by atoms with Gasteiger partial charge in [-0.15, -0.1) is 0 Å². The molecule has 2 aromatic rings. The normalized spacial score (nSPS) is 19.1. The lowest BCUT2D eigenvalue weighted by Gasteiger charge is -2.31. The summed E-state index contributed by atoms with van der Waals surface area (Å²) in [5.41, 5.74) is -2.04. The minimum Gasteiger partial charge on any atom is -0.279 e. The number of rotatable bonds is 2. The summed E-state index contributed by atoms with van der Waals surface area (Å²) in [6, 6.07) is 10.6. The molecule has 7 heteroatoms. The predicted molar refractivity (Wildman–Crippen MR) is 78.3 cm³/mol. The van der Waals surface area contributed by atoms with Crippen LogP contribution in [0.5, 0.6) is 0 Å². The first-order valence-electron chi connectivity index (χ1n) is 6.61. The van der Waals surface area contributed by atoms with Crippen molar-refractivity contribution in [2.75, 3.05) is 0 Å². The van der Waals surface area contributed by atoms with E-state index >= 15 is 0 Å². The molecule has 0 amide bonds. The quantitative estimate of drug-likeness (QED) is 0.839. The highest BCUT2D eigenvalue weighted by Gasteiger charge is 2.63. The number of nitrogens with two attached hydrogens (primary N) is 1. The Hall–Kier alpha value is -2.07. The minimum atomic E-state index is -4.79. The van der Waals surface area contributed by atoms with Crippen LogP contribution in [-0.2, 0) is 16.9 Å². The van der Waals surface area contributed by atoms with E-state index in [2.05, 4.69) is 4.84 Å². The van der Waals surface area contributed by atoms with E-state index in [-0.39, 0.29) is 22.6 Å². The van der Waals surface area contributed by atoms with E-state index < -0.39 is 11.8 Å². The van der Waals surface area contributed by atoms with Crippen molar-refractivity contribution in [2.24, 2.45) is 5.90 Å². The summed E-state index contributed by atoms with van der Waals surface area (Å²) in [6.07, 6.45) is -4.87. The summed E-state index contributed by atoms with van der Waals surface area (Å²) in [7, 11) is 0. The molecular formula is C16H10ClF3N2O. The lowest BCUT2D eigenvalue weighted by atomic mass is 9.89. The van der Waals surface area contributed by atoms with Crippen LogP contribution in [0.3, 0.4) is 0 Å². The molecule has 1 aliphatic rings. The summed E-state index contributed by atoms with van der Waals surface area (Å²) in [5, 5.41) is 9.06. The van der Waals surface area contributed by atoms with Gasteiger partial charge in [0, 0.05) is 16.1 Å². The molecule has 0 radical (unpaired) electrons. The van der Waals surface area contributed by atoms with E-state index in [1.807, 2.05) is 6.07 Å².